The van der Waals surface area contributed by atoms with Crippen LogP contribution in [0, 0.1) is 0 Å². The first-order chi connectivity index (χ1) is 6.63. The minimum atomic E-state index is -0.249. The summed E-state index contributed by atoms with van der Waals surface area (Å²) in [6.07, 6.45) is 1.86. The SMILES string of the molecule is CC1(CO)CCc2ccc(O)cc2N1. The summed E-state index contributed by atoms with van der Waals surface area (Å²) >= 11 is 0. The van der Waals surface area contributed by atoms with E-state index in [4.69, 9.17) is 0 Å². The number of nitrogens with one attached hydrogen (secondary N) is 1. The van der Waals surface area contributed by atoms with Crippen LogP contribution < -0.4 is 5.32 Å². The van der Waals surface area contributed by atoms with E-state index >= 15 is 0 Å². The molecule has 1 atom stereocenters. The van der Waals surface area contributed by atoms with Crippen molar-refractivity contribution in [3.63, 3.8) is 0 Å². The standard InChI is InChI=1S/C11H15NO2/c1-11(7-13)5-4-8-2-3-9(14)6-10(8)12-11/h2-3,6,12-14H,4-5,7H2,1H3. The molecule has 2 rings (SSSR count). The Morgan fingerprint density at radius 3 is 3.00 bits per heavy atom. The number of aliphatic hydroxyl groups is 1. The molecule has 0 fully saturated rings. The highest BCUT2D eigenvalue weighted by Gasteiger charge is 2.28. The zero-order valence-electron chi connectivity index (χ0n) is 8.25. The van der Waals surface area contributed by atoms with Crippen LogP contribution in [0.3, 0.4) is 0 Å². The maximum atomic E-state index is 9.33. The van der Waals surface area contributed by atoms with E-state index in [2.05, 4.69) is 5.32 Å². The predicted octanol–water partition coefficient (Wildman–Crippen LogP) is 1.50. The second-order valence-electron chi connectivity index (χ2n) is 4.19. The van der Waals surface area contributed by atoms with Crippen LogP contribution in [0.4, 0.5) is 5.69 Å². The number of aromatic hydroxyl groups is 1. The zero-order chi connectivity index (χ0) is 10.2. The normalized spacial score (nSPS) is 25.3. The van der Waals surface area contributed by atoms with Crippen molar-refractivity contribution in [2.24, 2.45) is 0 Å². The Morgan fingerprint density at radius 1 is 1.50 bits per heavy atom. The summed E-state index contributed by atoms with van der Waals surface area (Å²) in [5.41, 5.74) is 1.89. The molecule has 0 amide bonds. The average Bonchev–Trinajstić information content (AvgIpc) is 2.17. The number of phenols is 1. The van der Waals surface area contributed by atoms with Crippen molar-refractivity contribution >= 4 is 5.69 Å². The van der Waals surface area contributed by atoms with E-state index in [0.29, 0.717) is 0 Å². The first kappa shape index (κ1) is 9.34. The van der Waals surface area contributed by atoms with Gasteiger partial charge in [0.05, 0.1) is 12.1 Å². The minimum Gasteiger partial charge on any atom is -0.508 e. The molecular weight excluding hydrogens is 178 g/mol. The van der Waals surface area contributed by atoms with E-state index in [-0.39, 0.29) is 17.9 Å². The summed E-state index contributed by atoms with van der Waals surface area (Å²) in [6.45, 7) is 2.10. The fraction of sp³-hybridized carbons (Fsp3) is 0.455. The molecule has 1 aromatic rings. The summed E-state index contributed by atoms with van der Waals surface area (Å²) in [6, 6.07) is 5.33. The van der Waals surface area contributed by atoms with Crippen LogP contribution in [-0.2, 0) is 6.42 Å². The van der Waals surface area contributed by atoms with Crippen molar-refractivity contribution < 1.29 is 10.2 Å². The fourth-order valence-electron chi connectivity index (χ4n) is 1.82. The van der Waals surface area contributed by atoms with Gasteiger partial charge in [-0.05, 0) is 31.4 Å². The molecule has 14 heavy (non-hydrogen) atoms. The van der Waals surface area contributed by atoms with Gasteiger partial charge in [-0.25, -0.2) is 0 Å². The third-order valence-corrected chi connectivity index (χ3v) is 2.82. The lowest BCUT2D eigenvalue weighted by Gasteiger charge is -2.35. The molecule has 1 heterocycles. The molecule has 3 N–H and O–H groups in total. The van der Waals surface area contributed by atoms with Crippen molar-refractivity contribution in [1.82, 2.24) is 0 Å². The highest BCUT2D eigenvalue weighted by atomic mass is 16.3. The smallest absolute Gasteiger partial charge is 0.117 e. The number of hydrogen-bond acceptors (Lipinski definition) is 3. The van der Waals surface area contributed by atoms with Crippen LogP contribution in [0.5, 0.6) is 5.75 Å². The van der Waals surface area contributed by atoms with Crippen molar-refractivity contribution in [1.29, 1.82) is 0 Å². The van der Waals surface area contributed by atoms with E-state index in [1.807, 2.05) is 13.0 Å². The number of benzene rings is 1. The van der Waals surface area contributed by atoms with Gasteiger partial charge in [0, 0.05) is 11.8 Å². The molecule has 0 spiro atoms. The lowest BCUT2D eigenvalue weighted by molar-refractivity contribution is 0.212. The minimum absolute atomic E-state index is 0.113. The second kappa shape index (κ2) is 3.17. The Kier molecular flexibility index (Phi) is 2.11. The molecule has 76 valence electrons. The molecule has 0 saturated carbocycles. The van der Waals surface area contributed by atoms with Crippen LogP contribution in [0.25, 0.3) is 0 Å². The van der Waals surface area contributed by atoms with Gasteiger partial charge in [0.15, 0.2) is 0 Å². The Labute approximate surface area is 83.4 Å². The quantitative estimate of drug-likeness (QED) is 0.633. The summed E-state index contributed by atoms with van der Waals surface area (Å²) in [4.78, 5) is 0. The second-order valence-corrected chi connectivity index (χ2v) is 4.19. The van der Waals surface area contributed by atoms with Crippen LogP contribution in [0.2, 0.25) is 0 Å². The van der Waals surface area contributed by atoms with E-state index in [0.717, 1.165) is 18.5 Å². The third kappa shape index (κ3) is 1.55. The van der Waals surface area contributed by atoms with Crippen LogP contribution in [0.1, 0.15) is 18.9 Å². The summed E-state index contributed by atoms with van der Waals surface area (Å²) in [7, 11) is 0. The summed E-state index contributed by atoms with van der Waals surface area (Å²) in [5, 5.41) is 21.8. The summed E-state index contributed by atoms with van der Waals surface area (Å²) < 4.78 is 0. The molecule has 0 aliphatic carbocycles. The maximum Gasteiger partial charge on any atom is 0.117 e. The number of hydrogen-bond donors (Lipinski definition) is 3. The van der Waals surface area contributed by atoms with Gasteiger partial charge in [-0.3, -0.25) is 0 Å². The van der Waals surface area contributed by atoms with Crippen molar-refractivity contribution in [2.75, 3.05) is 11.9 Å². The van der Waals surface area contributed by atoms with Crippen molar-refractivity contribution in [3.05, 3.63) is 23.8 Å². The Morgan fingerprint density at radius 2 is 2.29 bits per heavy atom. The Hall–Kier alpha value is -1.22. The Balaban J connectivity index is 2.33. The van der Waals surface area contributed by atoms with Gasteiger partial charge in [-0.2, -0.15) is 0 Å². The van der Waals surface area contributed by atoms with Gasteiger partial charge in [-0.1, -0.05) is 6.07 Å². The Bertz CT molecular complexity index is 351. The molecule has 0 bridgehead atoms. The average molecular weight is 193 g/mol. The van der Waals surface area contributed by atoms with Crippen LogP contribution in [0.15, 0.2) is 18.2 Å². The topological polar surface area (TPSA) is 52.5 Å². The lowest BCUT2D eigenvalue weighted by atomic mass is 9.88. The van der Waals surface area contributed by atoms with Gasteiger partial charge in [0.1, 0.15) is 5.75 Å². The lowest BCUT2D eigenvalue weighted by Crippen LogP contribution is -2.42. The molecule has 3 heteroatoms. The zero-order valence-corrected chi connectivity index (χ0v) is 8.25. The first-order valence-electron chi connectivity index (χ1n) is 4.84. The van der Waals surface area contributed by atoms with Crippen LogP contribution in [-0.4, -0.2) is 22.4 Å². The highest BCUT2D eigenvalue weighted by molar-refractivity contribution is 5.58. The maximum absolute atomic E-state index is 9.33. The number of rotatable bonds is 1. The van der Waals surface area contributed by atoms with Crippen LogP contribution >= 0.6 is 0 Å². The van der Waals surface area contributed by atoms with Gasteiger partial charge in [0.25, 0.3) is 0 Å². The molecule has 0 saturated heterocycles. The van der Waals surface area contributed by atoms with Gasteiger partial charge in [0.2, 0.25) is 0 Å². The van der Waals surface area contributed by atoms with Gasteiger partial charge in [-0.15, -0.1) is 0 Å². The fourth-order valence-corrected chi connectivity index (χ4v) is 1.82. The monoisotopic (exact) mass is 193 g/mol. The molecule has 1 unspecified atom stereocenters. The van der Waals surface area contributed by atoms with Crippen molar-refractivity contribution in [3.8, 4) is 5.75 Å². The molecule has 1 aliphatic heterocycles. The number of phenolic OH excluding ortho intramolecular Hbond substituents is 1. The van der Waals surface area contributed by atoms with Crippen molar-refractivity contribution in [2.45, 2.75) is 25.3 Å². The van der Waals surface area contributed by atoms with E-state index in [1.165, 1.54) is 5.56 Å². The molecule has 0 aromatic heterocycles. The molecule has 1 aliphatic rings. The number of anilines is 1. The molecular formula is C11H15NO2. The summed E-state index contributed by atoms with van der Waals surface area (Å²) in [5.74, 6) is 0.262. The van der Waals surface area contributed by atoms with E-state index < -0.39 is 0 Å². The number of aliphatic hydroxyl groups excluding tert-OH is 1. The predicted molar refractivity (Wildman–Crippen MR) is 55.5 cm³/mol. The number of fused-ring (bicyclic) bond motifs is 1. The number of aryl methyl sites for hydroxylation is 1. The largest absolute Gasteiger partial charge is 0.508 e. The highest BCUT2D eigenvalue weighted by Crippen LogP contribution is 2.32. The van der Waals surface area contributed by atoms with E-state index in [1.54, 1.807) is 12.1 Å². The molecule has 1 aromatic carbocycles. The van der Waals surface area contributed by atoms with Gasteiger partial charge < -0.3 is 15.5 Å². The molecule has 0 radical (unpaired) electrons. The van der Waals surface area contributed by atoms with E-state index in [9.17, 15) is 10.2 Å². The molecule has 3 nitrogen and oxygen atoms in total. The van der Waals surface area contributed by atoms with Gasteiger partial charge >= 0.3 is 0 Å². The first-order valence-corrected chi connectivity index (χ1v) is 4.84. The third-order valence-electron chi connectivity index (χ3n) is 2.82.